The molecule has 0 aromatic carbocycles. The summed E-state index contributed by atoms with van der Waals surface area (Å²) in [7, 11) is 0. The van der Waals surface area contributed by atoms with Gasteiger partial charge in [0.15, 0.2) is 0 Å². The van der Waals surface area contributed by atoms with E-state index in [0.717, 1.165) is 38.6 Å². The molecule has 6 nitrogen and oxygen atoms in total. The molecule has 3 amide bonds. The number of imide groups is 1. The Kier molecular flexibility index (Phi) is 4.65. The van der Waals surface area contributed by atoms with E-state index in [1.165, 1.54) is 11.3 Å². The molecule has 3 unspecified atom stereocenters. The fourth-order valence-electron chi connectivity index (χ4n) is 4.45. The minimum absolute atomic E-state index is 0.143. The SMILES string of the molecule is CC1(C)NC(=O)N(CCN2CCCC2C2CCCCC2O)C1=O. The maximum absolute atomic E-state index is 12.3. The van der Waals surface area contributed by atoms with Gasteiger partial charge in [-0.3, -0.25) is 14.6 Å². The van der Waals surface area contributed by atoms with E-state index in [0.29, 0.717) is 25.0 Å². The second kappa shape index (κ2) is 6.40. The average molecular weight is 323 g/mol. The van der Waals surface area contributed by atoms with E-state index in [-0.39, 0.29) is 18.0 Å². The number of hydrogen-bond acceptors (Lipinski definition) is 4. The first-order valence-corrected chi connectivity index (χ1v) is 8.96. The summed E-state index contributed by atoms with van der Waals surface area (Å²) in [6.45, 7) is 5.63. The van der Waals surface area contributed by atoms with Gasteiger partial charge in [0.1, 0.15) is 5.54 Å². The zero-order valence-electron chi connectivity index (χ0n) is 14.3. The van der Waals surface area contributed by atoms with Crippen LogP contribution in [0.1, 0.15) is 52.4 Å². The molecule has 23 heavy (non-hydrogen) atoms. The molecule has 2 saturated heterocycles. The normalized spacial score (nSPS) is 34.9. The van der Waals surface area contributed by atoms with Gasteiger partial charge in [0.05, 0.1) is 6.10 Å². The lowest BCUT2D eigenvalue weighted by atomic mass is 9.80. The van der Waals surface area contributed by atoms with Gasteiger partial charge < -0.3 is 10.4 Å². The summed E-state index contributed by atoms with van der Waals surface area (Å²) in [5, 5.41) is 13.1. The minimum atomic E-state index is -0.791. The highest BCUT2D eigenvalue weighted by Gasteiger charge is 2.44. The highest BCUT2D eigenvalue weighted by molar-refractivity contribution is 6.06. The Morgan fingerprint density at radius 2 is 1.87 bits per heavy atom. The van der Waals surface area contributed by atoms with E-state index in [1.807, 2.05) is 0 Å². The molecule has 1 aliphatic carbocycles. The Balaban J connectivity index is 1.59. The first kappa shape index (κ1) is 16.7. The van der Waals surface area contributed by atoms with Crippen LogP contribution in [0.2, 0.25) is 0 Å². The van der Waals surface area contributed by atoms with Crippen LogP contribution in [-0.4, -0.2) is 64.2 Å². The van der Waals surface area contributed by atoms with Crippen molar-refractivity contribution >= 4 is 11.9 Å². The molecule has 3 fully saturated rings. The lowest BCUT2D eigenvalue weighted by molar-refractivity contribution is -0.130. The molecule has 2 N–H and O–H groups in total. The summed E-state index contributed by atoms with van der Waals surface area (Å²) in [6.07, 6.45) is 6.40. The first-order chi connectivity index (χ1) is 10.9. The smallest absolute Gasteiger partial charge is 0.325 e. The fraction of sp³-hybridized carbons (Fsp3) is 0.882. The van der Waals surface area contributed by atoms with Gasteiger partial charge in [0.2, 0.25) is 0 Å². The number of carbonyl (C=O) groups is 2. The molecule has 6 heteroatoms. The zero-order valence-corrected chi connectivity index (χ0v) is 14.3. The van der Waals surface area contributed by atoms with E-state index in [9.17, 15) is 14.7 Å². The maximum Gasteiger partial charge on any atom is 0.325 e. The molecule has 3 rings (SSSR count). The van der Waals surface area contributed by atoms with Crippen LogP contribution >= 0.6 is 0 Å². The summed E-state index contributed by atoms with van der Waals surface area (Å²) < 4.78 is 0. The molecular weight excluding hydrogens is 294 g/mol. The van der Waals surface area contributed by atoms with Crippen LogP contribution < -0.4 is 5.32 Å². The Hall–Kier alpha value is -1.14. The van der Waals surface area contributed by atoms with Crippen LogP contribution in [0.15, 0.2) is 0 Å². The molecule has 2 heterocycles. The highest BCUT2D eigenvalue weighted by Crippen LogP contribution is 2.34. The van der Waals surface area contributed by atoms with Crippen molar-refractivity contribution in [3.63, 3.8) is 0 Å². The van der Waals surface area contributed by atoms with Crippen LogP contribution in [0.3, 0.4) is 0 Å². The standard InChI is InChI=1S/C17H29N3O3/c1-17(2)15(22)20(16(23)18-17)11-10-19-9-5-7-13(19)12-6-3-4-8-14(12)21/h12-14,21H,3-11H2,1-2H3,(H,18,23). The quantitative estimate of drug-likeness (QED) is 0.766. The number of nitrogens with one attached hydrogen (secondary N) is 1. The molecule has 130 valence electrons. The molecule has 3 atom stereocenters. The lowest BCUT2D eigenvalue weighted by Crippen LogP contribution is -2.46. The number of urea groups is 1. The number of aliphatic hydroxyl groups excluding tert-OH is 1. The molecule has 1 saturated carbocycles. The predicted molar refractivity (Wildman–Crippen MR) is 86.9 cm³/mol. The summed E-state index contributed by atoms with van der Waals surface area (Å²) in [4.78, 5) is 28.0. The molecule has 3 aliphatic rings. The maximum atomic E-state index is 12.3. The summed E-state index contributed by atoms with van der Waals surface area (Å²) in [5.41, 5.74) is -0.791. The Morgan fingerprint density at radius 3 is 2.52 bits per heavy atom. The van der Waals surface area contributed by atoms with E-state index >= 15 is 0 Å². The minimum Gasteiger partial charge on any atom is -0.393 e. The number of aliphatic hydroxyl groups is 1. The van der Waals surface area contributed by atoms with Crippen LogP contribution in [0.5, 0.6) is 0 Å². The third kappa shape index (κ3) is 3.24. The van der Waals surface area contributed by atoms with Crippen molar-refractivity contribution in [2.45, 2.75) is 70.1 Å². The number of likely N-dealkylation sites (tertiary alicyclic amines) is 1. The first-order valence-electron chi connectivity index (χ1n) is 8.96. The number of rotatable bonds is 4. The molecule has 0 aromatic rings. The van der Waals surface area contributed by atoms with Gasteiger partial charge in [-0.25, -0.2) is 4.79 Å². The van der Waals surface area contributed by atoms with E-state index < -0.39 is 5.54 Å². The number of carbonyl (C=O) groups excluding carboxylic acids is 2. The molecular formula is C17H29N3O3. The molecule has 0 radical (unpaired) electrons. The van der Waals surface area contributed by atoms with E-state index in [1.54, 1.807) is 13.8 Å². The third-order valence-corrected chi connectivity index (χ3v) is 5.75. The van der Waals surface area contributed by atoms with Gasteiger partial charge >= 0.3 is 6.03 Å². The van der Waals surface area contributed by atoms with Crippen molar-refractivity contribution < 1.29 is 14.7 Å². The van der Waals surface area contributed by atoms with Gasteiger partial charge in [-0.2, -0.15) is 0 Å². The summed E-state index contributed by atoms with van der Waals surface area (Å²) in [6, 6.07) is 0.118. The van der Waals surface area contributed by atoms with Crippen molar-refractivity contribution in [1.29, 1.82) is 0 Å². The van der Waals surface area contributed by atoms with Crippen molar-refractivity contribution in [2.24, 2.45) is 5.92 Å². The fourth-order valence-corrected chi connectivity index (χ4v) is 4.45. The molecule has 0 spiro atoms. The number of amides is 3. The second-order valence-electron chi connectivity index (χ2n) is 7.77. The van der Waals surface area contributed by atoms with Crippen molar-refractivity contribution in [3.05, 3.63) is 0 Å². The molecule has 0 bridgehead atoms. The zero-order chi connectivity index (χ0) is 16.6. The largest absolute Gasteiger partial charge is 0.393 e. The monoisotopic (exact) mass is 323 g/mol. The lowest BCUT2D eigenvalue weighted by Gasteiger charge is -2.37. The molecule has 0 aromatic heterocycles. The Morgan fingerprint density at radius 1 is 1.13 bits per heavy atom. The van der Waals surface area contributed by atoms with Crippen LogP contribution in [0.4, 0.5) is 4.79 Å². The highest BCUT2D eigenvalue weighted by atomic mass is 16.3. The number of hydrogen-bond donors (Lipinski definition) is 2. The Labute approximate surface area is 138 Å². The predicted octanol–water partition coefficient (Wildman–Crippen LogP) is 1.33. The van der Waals surface area contributed by atoms with Gasteiger partial charge in [-0.15, -0.1) is 0 Å². The molecule has 2 aliphatic heterocycles. The van der Waals surface area contributed by atoms with Crippen LogP contribution in [0, 0.1) is 5.92 Å². The van der Waals surface area contributed by atoms with Gasteiger partial charge in [0, 0.05) is 25.0 Å². The van der Waals surface area contributed by atoms with Crippen LogP contribution in [-0.2, 0) is 4.79 Å². The van der Waals surface area contributed by atoms with Gasteiger partial charge in [0.25, 0.3) is 5.91 Å². The number of nitrogens with zero attached hydrogens (tertiary/aromatic N) is 2. The summed E-state index contributed by atoms with van der Waals surface area (Å²) in [5.74, 6) is 0.210. The van der Waals surface area contributed by atoms with E-state index in [4.69, 9.17) is 0 Å². The van der Waals surface area contributed by atoms with Crippen molar-refractivity contribution in [3.8, 4) is 0 Å². The summed E-state index contributed by atoms with van der Waals surface area (Å²) >= 11 is 0. The van der Waals surface area contributed by atoms with Gasteiger partial charge in [-0.05, 0) is 46.1 Å². The topological polar surface area (TPSA) is 72.9 Å². The Bertz CT molecular complexity index is 480. The van der Waals surface area contributed by atoms with E-state index in [2.05, 4.69) is 10.2 Å². The van der Waals surface area contributed by atoms with Gasteiger partial charge in [-0.1, -0.05) is 12.8 Å². The van der Waals surface area contributed by atoms with Crippen molar-refractivity contribution in [2.75, 3.05) is 19.6 Å². The van der Waals surface area contributed by atoms with Crippen LogP contribution in [0.25, 0.3) is 0 Å². The second-order valence-corrected chi connectivity index (χ2v) is 7.77. The average Bonchev–Trinajstić information content (AvgIpc) is 3.02. The third-order valence-electron chi connectivity index (χ3n) is 5.75. The van der Waals surface area contributed by atoms with Crippen molar-refractivity contribution in [1.82, 2.24) is 15.1 Å².